The molecule has 17 heavy (non-hydrogen) atoms. The van der Waals surface area contributed by atoms with Gasteiger partial charge in [0, 0.05) is 12.1 Å². The van der Waals surface area contributed by atoms with Gasteiger partial charge in [-0.1, -0.05) is 13.0 Å². The summed E-state index contributed by atoms with van der Waals surface area (Å²) in [7, 11) is 0. The molecule has 0 bridgehead atoms. The highest BCUT2D eigenvalue weighted by Gasteiger charge is 2.00. The Labute approximate surface area is 101 Å². The van der Waals surface area contributed by atoms with E-state index in [0.717, 1.165) is 23.6 Å². The molecule has 2 rings (SSSR count). The van der Waals surface area contributed by atoms with Crippen molar-refractivity contribution in [1.82, 2.24) is 0 Å². The smallest absolute Gasteiger partial charge is 0.123 e. The van der Waals surface area contributed by atoms with Gasteiger partial charge >= 0.3 is 0 Å². The van der Waals surface area contributed by atoms with E-state index in [1.165, 1.54) is 0 Å². The predicted molar refractivity (Wildman–Crippen MR) is 66.6 cm³/mol. The SMILES string of the molecule is CCc1ccc(CNc2cccc(C#N)c2)o1. The van der Waals surface area contributed by atoms with Crippen molar-refractivity contribution in [2.24, 2.45) is 0 Å². The van der Waals surface area contributed by atoms with E-state index < -0.39 is 0 Å². The fraction of sp³-hybridized carbons (Fsp3) is 0.214. The van der Waals surface area contributed by atoms with Crippen molar-refractivity contribution in [1.29, 1.82) is 5.26 Å². The Balaban J connectivity index is 1.99. The lowest BCUT2D eigenvalue weighted by Gasteiger charge is -2.04. The van der Waals surface area contributed by atoms with Gasteiger partial charge in [0.25, 0.3) is 0 Å². The molecule has 0 aliphatic carbocycles. The van der Waals surface area contributed by atoms with Crippen molar-refractivity contribution in [3.63, 3.8) is 0 Å². The average Bonchev–Trinajstić information content (AvgIpc) is 2.84. The first kappa shape index (κ1) is 11.3. The fourth-order valence-electron chi connectivity index (χ4n) is 1.60. The van der Waals surface area contributed by atoms with Crippen LogP contribution >= 0.6 is 0 Å². The summed E-state index contributed by atoms with van der Waals surface area (Å²) in [5, 5.41) is 12.0. The van der Waals surface area contributed by atoms with E-state index in [0.29, 0.717) is 12.1 Å². The second-order valence-electron chi connectivity index (χ2n) is 3.77. The molecule has 0 unspecified atom stereocenters. The summed E-state index contributed by atoms with van der Waals surface area (Å²) in [6, 6.07) is 13.5. The van der Waals surface area contributed by atoms with Gasteiger partial charge in [0.1, 0.15) is 11.5 Å². The van der Waals surface area contributed by atoms with Crippen LogP contribution in [0.5, 0.6) is 0 Å². The molecule has 1 aromatic heterocycles. The number of furan rings is 1. The molecule has 3 heteroatoms. The Morgan fingerprint density at radius 1 is 1.24 bits per heavy atom. The molecule has 0 saturated carbocycles. The van der Waals surface area contributed by atoms with E-state index in [9.17, 15) is 0 Å². The number of aryl methyl sites for hydroxylation is 1. The van der Waals surface area contributed by atoms with Crippen LogP contribution in [-0.2, 0) is 13.0 Å². The maximum atomic E-state index is 8.79. The van der Waals surface area contributed by atoms with E-state index in [-0.39, 0.29) is 0 Å². The molecule has 2 aromatic rings. The summed E-state index contributed by atoms with van der Waals surface area (Å²) in [5.41, 5.74) is 1.59. The van der Waals surface area contributed by atoms with Crippen LogP contribution in [0.4, 0.5) is 5.69 Å². The van der Waals surface area contributed by atoms with Crippen molar-refractivity contribution >= 4 is 5.69 Å². The van der Waals surface area contributed by atoms with Crippen LogP contribution in [0.3, 0.4) is 0 Å². The molecule has 1 N–H and O–H groups in total. The molecular formula is C14H14N2O. The van der Waals surface area contributed by atoms with Gasteiger partial charge in [-0.05, 0) is 30.3 Å². The summed E-state index contributed by atoms with van der Waals surface area (Å²) in [4.78, 5) is 0. The van der Waals surface area contributed by atoms with E-state index >= 15 is 0 Å². The molecule has 0 fully saturated rings. The number of hydrogen-bond acceptors (Lipinski definition) is 3. The maximum Gasteiger partial charge on any atom is 0.123 e. The molecule has 0 radical (unpaired) electrons. The molecule has 0 atom stereocenters. The van der Waals surface area contributed by atoms with Crippen LogP contribution in [0.25, 0.3) is 0 Å². The molecular weight excluding hydrogens is 212 g/mol. The lowest BCUT2D eigenvalue weighted by molar-refractivity contribution is 0.476. The van der Waals surface area contributed by atoms with Crippen LogP contribution in [0.1, 0.15) is 24.0 Å². The third-order valence-electron chi connectivity index (χ3n) is 2.52. The first-order chi connectivity index (χ1) is 8.31. The van der Waals surface area contributed by atoms with E-state index in [2.05, 4.69) is 18.3 Å². The number of rotatable bonds is 4. The second kappa shape index (κ2) is 5.22. The zero-order valence-electron chi connectivity index (χ0n) is 9.73. The predicted octanol–water partition coefficient (Wildman–Crippen LogP) is 3.33. The fourth-order valence-corrected chi connectivity index (χ4v) is 1.60. The van der Waals surface area contributed by atoms with Crippen molar-refractivity contribution in [2.45, 2.75) is 19.9 Å². The van der Waals surface area contributed by atoms with E-state index in [4.69, 9.17) is 9.68 Å². The van der Waals surface area contributed by atoms with Crippen molar-refractivity contribution in [3.05, 3.63) is 53.5 Å². The Morgan fingerprint density at radius 2 is 2.06 bits per heavy atom. The summed E-state index contributed by atoms with van der Waals surface area (Å²) in [6.45, 7) is 2.70. The van der Waals surface area contributed by atoms with Crippen LogP contribution in [0, 0.1) is 11.3 Å². The summed E-state index contributed by atoms with van der Waals surface area (Å²) < 4.78 is 5.58. The van der Waals surface area contributed by atoms with Gasteiger partial charge in [0.05, 0.1) is 18.2 Å². The van der Waals surface area contributed by atoms with Crippen LogP contribution in [0.15, 0.2) is 40.8 Å². The standard InChI is InChI=1S/C14H14N2O/c1-2-13-6-7-14(17-13)10-16-12-5-3-4-11(8-12)9-15/h3-8,16H,2,10H2,1H3. The molecule has 0 amide bonds. The summed E-state index contributed by atoms with van der Waals surface area (Å²) >= 11 is 0. The molecule has 1 aromatic carbocycles. The summed E-state index contributed by atoms with van der Waals surface area (Å²) in [6.07, 6.45) is 0.907. The van der Waals surface area contributed by atoms with E-state index in [1.54, 1.807) is 6.07 Å². The number of hydrogen-bond donors (Lipinski definition) is 1. The highest BCUT2D eigenvalue weighted by molar-refractivity contribution is 5.49. The minimum absolute atomic E-state index is 0.634. The zero-order chi connectivity index (χ0) is 12.1. The minimum Gasteiger partial charge on any atom is -0.464 e. The number of nitrogens with zero attached hydrogens (tertiary/aromatic N) is 1. The molecule has 1 heterocycles. The monoisotopic (exact) mass is 226 g/mol. The van der Waals surface area contributed by atoms with Crippen LogP contribution < -0.4 is 5.32 Å². The number of nitrogens with one attached hydrogen (secondary N) is 1. The molecule has 0 aliphatic heterocycles. The van der Waals surface area contributed by atoms with Gasteiger partial charge in [-0.2, -0.15) is 5.26 Å². The van der Waals surface area contributed by atoms with Gasteiger partial charge in [-0.3, -0.25) is 0 Å². The Hall–Kier alpha value is -2.21. The number of benzene rings is 1. The number of anilines is 1. The van der Waals surface area contributed by atoms with Gasteiger partial charge < -0.3 is 9.73 Å². The second-order valence-corrected chi connectivity index (χ2v) is 3.77. The molecule has 0 aliphatic rings. The van der Waals surface area contributed by atoms with E-state index in [1.807, 2.05) is 30.3 Å². The zero-order valence-corrected chi connectivity index (χ0v) is 9.73. The number of nitriles is 1. The van der Waals surface area contributed by atoms with Crippen molar-refractivity contribution in [3.8, 4) is 6.07 Å². The first-order valence-corrected chi connectivity index (χ1v) is 5.63. The molecule has 86 valence electrons. The lowest BCUT2D eigenvalue weighted by Crippen LogP contribution is -1.98. The van der Waals surface area contributed by atoms with Gasteiger partial charge in [-0.25, -0.2) is 0 Å². The Morgan fingerprint density at radius 3 is 2.76 bits per heavy atom. The molecule has 0 saturated heterocycles. The van der Waals surface area contributed by atoms with Crippen LogP contribution in [0.2, 0.25) is 0 Å². The Bertz CT molecular complexity index is 537. The third-order valence-corrected chi connectivity index (χ3v) is 2.52. The summed E-state index contributed by atoms with van der Waals surface area (Å²) in [5.74, 6) is 1.90. The highest BCUT2D eigenvalue weighted by Crippen LogP contribution is 2.13. The Kier molecular flexibility index (Phi) is 3.46. The third kappa shape index (κ3) is 2.88. The quantitative estimate of drug-likeness (QED) is 0.869. The van der Waals surface area contributed by atoms with Gasteiger partial charge in [0.2, 0.25) is 0 Å². The highest BCUT2D eigenvalue weighted by atomic mass is 16.3. The van der Waals surface area contributed by atoms with Crippen molar-refractivity contribution < 1.29 is 4.42 Å². The van der Waals surface area contributed by atoms with Crippen molar-refractivity contribution in [2.75, 3.05) is 5.32 Å². The molecule has 0 spiro atoms. The minimum atomic E-state index is 0.634. The first-order valence-electron chi connectivity index (χ1n) is 5.63. The normalized spacial score (nSPS) is 9.88. The topological polar surface area (TPSA) is 49.0 Å². The van der Waals surface area contributed by atoms with Crippen LogP contribution in [-0.4, -0.2) is 0 Å². The van der Waals surface area contributed by atoms with Gasteiger partial charge in [0.15, 0.2) is 0 Å². The molecule has 3 nitrogen and oxygen atoms in total. The maximum absolute atomic E-state index is 8.79. The lowest BCUT2D eigenvalue weighted by atomic mass is 10.2. The largest absolute Gasteiger partial charge is 0.464 e. The van der Waals surface area contributed by atoms with Gasteiger partial charge in [-0.15, -0.1) is 0 Å². The average molecular weight is 226 g/mol.